The minimum absolute atomic E-state index is 0.0236. The number of Topliss-reactive ketones (excluding diaryl/α,β-unsaturated/α-hetero) is 1. The van der Waals surface area contributed by atoms with E-state index in [9.17, 15) is 4.79 Å². The summed E-state index contributed by atoms with van der Waals surface area (Å²) in [7, 11) is 2.03. The first-order valence-electron chi connectivity index (χ1n) is 11.6. The Morgan fingerprint density at radius 1 is 1.03 bits per heavy atom. The Morgan fingerprint density at radius 3 is 2.31 bits per heavy atom. The van der Waals surface area contributed by atoms with E-state index in [0.29, 0.717) is 5.76 Å². The van der Waals surface area contributed by atoms with E-state index in [-0.39, 0.29) is 11.9 Å². The molecule has 3 rings (SSSR count). The molecule has 0 atom stereocenters. The van der Waals surface area contributed by atoms with Crippen molar-refractivity contribution in [3.8, 4) is 0 Å². The van der Waals surface area contributed by atoms with Gasteiger partial charge in [0.1, 0.15) is 6.10 Å². The molecule has 5 nitrogen and oxygen atoms in total. The SMILES string of the molecule is CCN(C)/C(=C(/OC1CN(Cc2ccccc2)C1)C(C)=O)N(CC)Cc1cccc(C)c1. The molecule has 0 aromatic heterocycles. The van der Waals surface area contributed by atoms with Crippen LogP contribution in [0.4, 0.5) is 0 Å². The lowest BCUT2D eigenvalue weighted by Crippen LogP contribution is -2.52. The van der Waals surface area contributed by atoms with Gasteiger partial charge in [-0.1, -0.05) is 60.2 Å². The summed E-state index contributed by atoms with van der Waals surface area (Å²) < 4.78 is 6.35. The fraction of sp³-hybridized carbons (Fsp3) is 0.444. The van der Waals surface area contributed by atoms with E-state index >= 15 is 0 Å². The van der Waals surface area contributed by atoms with E-state index in [4.69, 9.17) is 4.74 Å². The van der Waals surface area contributed by atoms with Crippen LogP contribution in [-0.4, -0.2) is 59.8 Å². The normalized spacial score (nSPS) is 15.0. The van der Waals surface area contributed by atoms with E-state index in [1.54, 1.807) is 6.92 Å². The lowest BCUT2D eigenvalue weighted by atomic mass is 10.1. The summed E-state index contributed by atoms with van der Waals surface area (Å²) in [6.07, 6.45) is 0.0375. The first-order chi connectivity index (χ1) is 15.4. The van der Waals surface area contributed by atoms with Gasteiger partial charge in [-0.2, -0.15) is 0 Å². The molecule has 0 saturated carbocycles. The average molecular weight is 436 g/mol. The summed E-state index contributed by atoms with van der Waals surface area (Å²) >= 11 is 0. The molecule has 1 aliphatic rings. The molecule has 5 heteroatoms. The average Bonchev–Trinajstić information content (AvgIpc) is 2.76. The monoisotopic (exact) mass is 435 g/mol. The zero-order valence-corrected chi connectivity index (χ0v) is 20.2. The molecule has 2 aromatic rings. The van der Waals surface area contributed by atoms with Crippen molar-refractivity contribution in [1.82, 2.24) is 14.7 Å². The highest BCUT2D eigenvalue weighted by molar-refractivity contribution is 5.91. The standard InChI is InChI=1S/C27H37N3O2/c1-6-28(5)27(30(7-2)18-24-15-11-12-21(3)16-24)26(22(4)31)32-25-19-29(20-25)17-23-13-9-8-10-14-23/h8-16,25H,6-7,17-20H2,1-5H3/b27-26-. The third-order valence-electron chi connectivity index (χ3n) is 5.95. The van der Waals surface area contributed by atoms with Crippen molar-refractivity contribution >= 4 is 5.78 Å². The third-order valence-corrected chi connectivity index (χ3v) is 5.95. The molecule has 1 heterocycles. The van der Waals surface area contributed by atoms with Gasteiger partial charge >= 0.3 is 0 Å². The van der Waals surface area contributed by atoms with Crippen LogP contribution in [0.3, 0.4) is 0 Å². The van der Waals surface area contributed by atoms with Gasteiger partial charge in [-0.05, 0) is 31.9 Å². The number of likely N-dealkylation sites (tertiary alicyclic amines) is 1. The first kappa shape index (κ1) is 23.9. The van der Waals surface area contributed by atoms with E-state index in [0.717, 1.165) is 45.1 Å². The molecule has 0 spiro atoms. The Balaban J connectivity index is 1.76. The highest BCUT2D eigenvalue weighted by Crippen LogP contribution is 2.24. The van der Waals surface area contributed by atoms with E-state index in [1.165, 1.54) is 16.7 Å². The Kier molecular flexibility index (Phi) is 8.34. The minimum atomic E-state index is -0.0236. The highest BCUT2D eigenvalue weighted by Gasteiger charge is 2.32. The Bertz CT molecular complexity index is 920. The molecule has 32 heavy (non-hydrogen) atoms. The largest absolute Gasteiger partial charge is 0.481 e. The smallest absolute Gasteiger partial charge is 0.203 e. The maximum absolute atomic E-state index is 12.7. The second-order valence-electron chi connectivity index (χ2n) is 8.65. The van der Waals surface area contributed by atoms with Gasteiger partial charge in [0, 0.05) is 53.2 Å². The van der Waals surface area contributed by atoms with Crippen LogP contribution in [0, 0.1) is 6.92 Å². The molecule has 0 amide bonds. The molecular formula is C27H37N3O2. The molecule has 0 unspecified atom stereocenters. The Morgan fingerprint density at radius 2 is 1.72 bits per heavy atom. The maximum atomic E-state index is 12.7. The molecule has 0 bridgehead atoms. The van der Waals surface area contributed by atoms with Crippen molar-refractivity contribution in [2.75, 3.05) is 33.2 Å². The van der Waals surface area contributed by atoms with Crippen molar-refractivity contribution < 1.29 is 9.53 Å². The second-order valence-corrected chi connectivity index (χ2v) is 8.65. The lowest BCUT2D eigenvalue weighted by molar-refractivity contribution is -0.121. The zero-order valence-electron chi connectivity index (χ0n) is 20.2. The van der Waals surface area contributed by atoms with Gasteiger partial charge in [0.05, 0.1) is 0 Å². The molecule has 1 aliphatic heterocycles. The number of rotatable bonds is 11. The molecule has 0 radical (unpaired) electrons. The summed E-state index contributed by atoms with van der Waals surface area (Å²) in [5.41, 5.74) is 3.77. The van der Waals surface area contributed by atoms with Crippen molar-refractivity contribution in [2.45, 2.75) is 46.9 Å². The number of aryl methyl sites for hydroxylation is 1. The predicted octanol–water partition coefficient (Wildman–Crippen LogP) is 4.43. The van der Waals surface area contributed by atoms with Crippen LogP contribution in [0.1, 0.15) is 37.5 Å². The summed E-state index contributed by atoms with van der Waals surface area (Å²) in [6, 6.07) is 19.0. The number of hydrogen-bond donors (Lipinski definition) is 0. The molecule has 0 aliphatic carbocycles. The van der Waals surface area contributed by atoms with Crippen molar-refractivity contribution in [2.24, 2.45) is 0 Å². The van der Waals surface area contributed by atoms with Gasteiger partial charge < -0.3 is 14.5 Å². The van der Waals surface area contributed by atoms with Gasteiger partial charge in [-0.3, -0.25) is 9.69 Å². The van der Waals surface area contributed by atoms with Crippen molar-refractivity contribution in [3.63, 3.8) is 0 Å². The number of carbonyl (C=O) groups is 1. The summed E-state index contributed by atoms with van der Waals surface area (Å²) in [4.78, 5) is 19.5. The van der Waals surface area contributed by atoms with Gasteiger partial charge in [-0.15, -0.1) is 0 Å². The topological polar surface area (TPSA) is 36.0 Å². The number of benzene rings is 2. The third kappa shape index (κ3) is 6.13. The van der Waals surface area contributed by atoms with E-state index < -0.39 is 0 Å². The predicted molar refractivity (Wildman–Crippen MR) is 130 cm³/mol. The molecule has 1 saturated heterocycles. The second kappa shape index (κ2) is 11.2. The van der Waals surface area contributed by atoms with Crippen LogP contribution in [0.15, 0.2) is 66.2 Å². The Hall–Kier alpha value is -2.79. The van der Waals surface area contributed by atoms with E-state index in [2.05, 4.69) is 84.0 Å². The summed E-state index contributed by atoms with van der Waals surface area (Å²) in [5, 5.41) is 0. The summed E-state index contributed by atoms with van der Waals surface area (Å²) in [6.45, 7) is 12.8. The highest BCUT2D eigenvalue weighted by atomic mass is 16.5. The fourth-order valence-corrected chi connectivity index (χ4v) is 4.10. The lowest BCUT2D eigenvalue weighted by Gasteiger charge is -2.41. The van der Waals surface area contributed by atoms with Gasteiger partial charge in [0.25, 0.3) is 0 Å². The number of nitrogens with zero attached hydrogens (tertiary/aromatic N) is 3. The van der Waals surface area contributed by atoms with Gasteiger partial charge in [-0.25, -0.2) is 0 Å². The minimum Gasteiger partial charge on any atom is -0.481 e. The maximum Gasteiger partial charge on any atom is 0.203 e. The molecule has 0 N–H and O–H groups in total. The van der Waals surface area contributed by atoms with Crippen LogP contribution in [0.2, 0.25) is 0 Å². The van der Waals surface area contributed by atoms with Crippen LogP contribution < -0.4 is 0 Å². The van der Waals surface area contributed by atoms with Gasteiger partial charge in [0.2, 0.25) is 5.76 Å². The first-order valence-corrected chi connectivity index (χ1v) is 11.6. The number of carbonyl (C=O) groups excluding carboxylic acids is 1. The van der Waals surface area contributed by atoms with Crippen LogP contribution >= 0.6 is 0 Å². The molecular weight excluding hydrogens is 398 g/mol. The quantitative estimate of drug-likeness (QED) is 0.386. The number of allylic oxidation sites excluding steroid dienone is 1. The Labute approximate surface area is 193 Å². The molecule has 1 fully saturated rings. The van der Waals surface area contributed by atoms with Crippen LogP contribution in [0.25, 0.3) is 0 Å². The van der Waals surface area contributed by atoms with Gasteiger partial charge in [0.15, 0.2) is 11.6 Å². The van der Waals surface area contributed by atoms with Crippen molar-refractivity contribution in [3.05, 3.63) is 82.9 Å². The zero-order chi connectivity index (χ0) is 23.1. The molecule has 172 valence electrons. The van der Waals surface area contributed by atoms with Crippen LogP contribution in [0.5, 0.6) is 0 Å². The summed E-state index contributed by atoms with van der Waals surface area (Å²) in [5.74, 6) is 1.34. The van der Waals surface area contributed by atoms with Crippen molar-refractivity contribution in [1.29, 1.82) is 0 Å². The fourth-order valence-electron chi connectivity index (χ4n) is 4.10. The number of ether oxygens (including phenoxy) is 1. The number of hydrogen-bond acceptors (Lipinski definition) is 5. The number of ketones is 1. The molecule has 2 aromatic carbocycles. The van der Waals surface area contributed by atoms with Crippen LogP contribution in [-0.2, 0) is 22.6 Å². The van der Waals surface area contributed by atoms with E-state index in [1.807, 2.05) is 13.1 Å².